The molecule has 21 heavy (non-hydrogen) atoms. The summed E-state index contributed by atoms with van der Waals surface area (Å²) in [5.74, 6) is 1.21. The van der Waals surface area contributed by atoms with Gasteiger partial charge >= 0.3 is 0 Å². The minimum atomic E-state index is 0.417. The molecular weight excluding hydrogens is 350 g/mol. The molecule has 4 heteroatoms. The van der Waals surface area contributed by atoms with Crippen molar-refractivity contribution in [3.8, 4) is 5.75 Å². The van der Waals surface area contributed by atoms with E-state index in [0.29, 0.717) is 12.5 Å². The number of aromatic nitrogens is 1. The Morgan fingerprint density at radius 1 is 1.05 bits per heavy atom. The summed E-state index contributed by atoms with van der Waals surface area (Å²) in [6.07, 6.45) is 0. The summed E-state index contributed by atoms with van der Waals surface area (Å²) in [7, 11) is 0. The molecule has 1 heterocycles. The topological polar surface area (TPSA) is 22.1 Å². The van der Waals surface area contributed by atoms with E-state index in [9.17, 15) is 0 Å². The molecule has 0 amide bonds. The first kappa shape index (κ1) is 14.4. The van der Waals surface area contributed by atoms with Crippen LogP contribution in [0.5, 0.6) is 5.75 Å². The molecule has 0 atom stereocenters. The van der Waals surface area contributed by atoms with Gasteiger partial charge in [0.25, 0.3) is 0 Å². The first-order valence-electron chi connectivity index (χ1n) is 6.58. The first-order chi connectivity index (χ1) is 10.3. The Kier molecular flexibility index (Phi) is 4.42. The number of ether oxygens (including phenoxy) is 1. The van der Waals surface area contributed by atoms with Gasteiger partial charge in [0.2, 0.25) is 0 Å². The average molecular weight is 363 g/mol. The summed E-state index contributed by atoms with van der Waals surface area (Å²) in [5.41, 5.74) is 2.84. The summed E-state index contributed by atoms with van der Waals surface area (Å²) in [6, 6.07) is 17.9. The van der Waals surface area contributed by atoms with Gasteiger partial charge in [-0.05, 0) is 30.3 Å². The highest BCUT2D eigenvalue weighted by atomic mass is 79.9. The van der Waals surface area contributed by atoms with Crippen LogP contribution in [0.2, 0.25) is 0 Å². The Balaban J connectivity index is 1.80. The molecular formula is C17H13BrClNO. The molecule has 0 saturated carbocycles. The third-order valence-electron chi connectivity index (χ3n) is 3.20. The number of hydrogen-bond donors (Lipinski definition) is 0. The summed E-state index contributed by atoms with van der Waals surface area (Å²) >= 11 is 9.38. The molecule has 0 aliphatic heterocycles. The highest BCUT2D eigenvalue weighted by Crippen LogP contribution is 2.25. The van der Waals surface area contributed by atoms with Crippen molar-refractivity contribution in [3.63, 3.8) is 0 Å². The van der Waals surface area contributed by atoms with Crippen LogP contribution in [0.4, 0.5) is 0 Å². The lowest BCUT2D eigenvalue weighted by molar-refractivity contribution is 0.299. The molecule has 0 aliphatic carbocycles. The van der Waals surface area contributed by atoms with Gasteiger partial charge in [-0.3, -0.25) is 0 Å². The summed E-state index contributed by atoms with van der Waals surface area (Å²) in [6.45, 7) is 0.427. The number of fused-ring (bicyclic) bond motifs is 1. The zero-order chi connectivity index (χ0) is 14.7. The lowest BCUT2D eigenvalue weighted by Gasteiger charge is -2.10. The second kappa shape index (κ2) is 6.46. The van der Waals surface area contributed by atoms with Crippen molar-refractivity contribution in [2.24, 2.45) is 0 Å². The minimum absolute atomic E-state index is 0.417. The zero-order valence-electron chi connectivity index (χ0n) is 11.2. The summed E-state index contributed by atoms with van der Waals surface area (Å²) < 4.78 is 6.84. The Bertz CT molecular complexity index is 776. The van der Waals surface area contributed by atoms with Gasteiger partial charge in [0.15, 0.2) is 0 Å². The van der Waals surface area contributed by atoms with E-state index in [-0.39, 0.29) is 0 Å². The minimum Gasteiger partial charge on any atom is -0.487 e. The van der Waals surface area contributed by atoms with E-state index >= 15 is 0 Å². The molecule has 3 rings (SSSR count). The van der Waals surface area contributed by atoms with Crippen LogP contribution in [0.15, 0.2) is 59.1 Å². The smallest absolute Gasteiger partial charge is 0.130 e. The number of benzene rings is 2. The van der Waals surface area contributed by atoms with E-state index < -0.39 is 0 Å². The van der Waals surface area contributed by atoms with Crippen LogP contribution in [-0.2, 0) is 12.5 Å². The second-order valence-electron chi connectivity index (χ2n) is 4.67. The summed E-state index contributed by atoms with van der Waals surface area (Å²) in [5, 5.41) is 1.13. The highest BCUT2D eigenvalue weighted by Gasteiger charge is 2.05. The maximum Gasteiger partial charge on any atom is 0.130 e. The van der Waals surface area contributed by atoms with Crippen molar-refractivity contribution in [2.45, 2.75) is 12.5 Å². The summed E-state index contributed by atoms with van der Waals surface area (Å²) in [4.78, 5) is 4.60. The van der Waals surface area contributed by atoms with Crippen LogP contribution in [0.25, 0.3) is 10.9 Å². The number of halogens is 2. The van der Waals surface area contributed by atoms with E-state index in [2.05, 4.69) is 27.0 Å². The van der Waals surface area contributed by atoms with Crippen molar-refractivity contribution in [1.29, 1.82) is 0 Å². The van der Waals surface area contributed by atoms with Crippen molar-refractivity contribution in [2.75, 3.05) is 0 Å². The van der Waals surface area contributed by atoms with Gasteiger partial charge in [0.1, 0.15) is 12.4 Å². The fraction of sp³-hybridized carbons (Fsp3) is 0.118. The SMILES string of the molecule is ClCc1cc(Br)ccc1OCc1ccc2ccccc2n1. The van der Waals surface area contributed by atoms with Gasteiger partial charge in [0, 0.05) is 15.4 Å². The molecule has 1 aromatic heterocycles. The van der Waals surface area contributed by atoms with Gasteiger partial charge in [-0.1, -0.05) is 40.2 Å². The van der Waals surface area contributed by atoms with Crippen molar-refractivity contribution < 1.29 is 4.74 Å². The monoisotopic (exact) mass is 361 g/mol. The van der Waals surface area contributed by atoms with Crippen LogP contribution in [0.1, 0.15) is 11.3 Å². The largest absolute Gasteiger partial charge is 0.487 e. The third-order valence-corrected chi connectivity index (χ3v) is 3.98. The van der Waals surface area contributed by atoms with Gasteiger partial charge in [-0.2, -0.15) is 0 Å². The maximum atomic E-state index is 5.95. The van der Waals surface area contributed by atoms with Crippen molar-refractivity contribution in [3.05, 3.63) is 70.3 Å². The van der Waals surface area contributed by atoms with Crippen LogP contribution in [-0.4, -0.2) is 4.98 Å². The van der Waals surface area contributed by atoms with Crippen LogP contribution >= 0.6 is 27.5 Å². The second-order valence-corrected chi connectivity index (χ2v) is 5.85. The molecule has 2 nitrogen and oxygen atoms in total. The Morgan fingerprint density at radius 3 is 2.76 bits per heavy atom. The fourth-order valence-electron chi connectivity index (χ4n) is 2.13. The van der Waals surface area contributed by atoms with Gasteiger partial charge in [-0.25, -0.2) is 4.98 Å². The van der Waals surface area contributed by atoms with Crippen molar-refractivity contribution >= 4 is 38.4 Å². The third kappa shape index (κ3) is 3.36. The molecule has 106 valence electrons. The van der Waals surface area contributed by atoms with E-state index in [1.54, 1.807) is 0 Å². The first-order valence-corrected chi connectivity index (χ1v) is 7.91. The molecule has 0 unspecified atom stereocenters. The Labute approximate surface area is 136 Å². The number of pyridine rings is 1. The normalized spacial score (nSPS) is 10.8. The number of rotatable bonds is 4. The Hall–Kier alpha value is -1.58. The van der Waals surface area contributed by atoms with Crippen LogP contribution in [0.3, 0.4) is 0 Å². The molecule has 0 spiro atoms. The van der Waals surface area contributed by atoms with Gasteiger partial charge in [-0.15, -0.1) is 11.6 Å². The lowest BCUT2D eigenvalue weighted by atomic mass is 10.2. The van der Waals surface area contributed by atoms with Crippen molar-refractivity contribution in [1.82, 2.24) is 4.98 Å². The Morgan fingerprint density at radius 2 is 1.90 bits per heavy atom. The zero-order valence-corrected chi connectivity index (χ0v) is 13.6. The van der Waals surface area contributed by atoms with Gasteiger partial charge < -0.3 is 4.74 Å². The van der Waals surface area contributed by atoms with E-state index in [4.69, 9.17) is 16.3 Å². The molecule has 0 saturated heterocycles. The maximum absolute atomic E-state index is 5.95. The highest BCUT2D eigenvalue weighted by molar-refractivity contribution is 9.10. The number of nitrogens with zero attached hydrogens (tertiary/aromatic N) is 1. The molecule has 0 N–H and O–H groups in total. The predicted octanol–water partition coefficient (Wildman–Crippen LogP) is 5.32. The molecule has 0 aliphatic rings. The lowest BCUT2D eigenvalue weighted by Crippen LogP contribution is -2.00. The molecule has 0 radical (unpaired) electrons. The van der Waals surface area contributed by atoms with E-state index in [1.807, 2.05) is 48.5 Å². The van der Waals surface area contributed by atoms with Crippen LogP contribution < -0.4 is 4.74 Å². The quantitative estimate of drug-likeness (QED) is 0.586. The number of alkyl halides is 1. The fourth-order valence-corrected chi connectivity index (χ4v) is 2.75. The van der Waals surface area contributed by atoms with E-state index in [1.165, 1.54) is 0 Å². The van der Waals surface area contributed by atoms with Crippen LogP contribution in [0, 0.1) is 0 Å². The average Bonchev–Trinajstić information content (AvgIpc) is 2.53. The molecule has 0 bridgehead atoms. The predicted molar refractivity (Wildman–Crippen MR) is 89.8 cm³/mol. The van der Waals surface area contributed by atoms with E-state index in [0.717, 1.165) is 32.4 Å². The standard InChI is InChI=1S/C17H13BrClNO/c18-14-6-8-17(13(9-14)10-19)21-11-15-7-5-12-3-1-2-4-16(12)20-15/h1-9H,10-11H2. The molecule has 0 fully saturated rings. The number of para-hydroxylation sites is 1. The molecule has 2 aromatic carbocycles. The van der Waals surface area contributed by atoms with Gasteiger partial charge in [0.05, 0.1) is 17.1 Å². The number of hydrogen-bond acceptors (Lipinski definition) is 2. The molecule has 3 aromatic rings.